The third-order valence-electron chi connectivity index (χ3n) is 2.97. The van der Waals surface area contributed by atoms with Gasteiger partial charge in [-0.05, 0) is 29.5 Å². The summed E-state index contributed by atoms with van der Waals surface area (Å²) in [5.74, 6) is 1.48. The van der Waals surface area contributed by atoms with Crippen LogP contribution in [0.4, 0.5) is 0 Å². The van der Waals surface area contributed by atoms with Crippen molar-refractivity contribution in [2.75, 3.05) is 13.7 Å². The van der Waals surface area contributed by atoms with Gasteiger partial charge in [-0.15, -0.1) is 0 Å². The van der Waals surface area contributed by atoms with E-state index in [2.05, 4.69) is 31.3 Å². The van der Waals surface area contributed by atoms with Crippen LogP contribution in [-0.2, 0) is 11.2 Å². The molecule has 0 saturated carbocycles. The van der Waals surface area contributed by atoms with Gasteiger partial charge in [0.25, 0.3) is 0 Å². The van der Waals surface area contributed by atoms with Gasteiger partial charge in [0.05, 0.1) is 7.11 Å². The molecule has 0 aliphatic rings. The lowest BCUT2D eigenvalue weighted by atomic mass is 9.98. The summed E-state index contributed by atoms with van der Waals surface area (Å²) in [4.78, 5) is 11.1. The molecule has 1 amide bonds. The summed E-state index contributed by atoms with van der Waals surface area (Å²) in [7, 11) is 1.70. The third-order valence-corrected chi connectivity index (χ3v) is 2.97. The Morgan fingerprint density at radius 1 is 1.39 bits per heavy atom. The molecule has 0 bridgehead atoms. The minimum Gasteiger partial charge on any atom is -0.496 e. The van der Waals surface area contributed by atoms with Gasteiger partial charge in [-0.2, -0.15) is 0 Å². The Morgan fingerprint density at radius 3 is 2.67 bits per heavy atom. The minimum atomic E-state index is 0.104. The molecule has 0 spiro atoms. The van der Waals surface area contributed by atoms with E-state index in [1.54, 1.807) is 7.11 Å². The van der Waals surface area contributed by atoms with Gasteiger partial charge >= 0.3 is 0 Å². The van der Waals surface area contributed by atoms with E-state index in [-0.39, 0.29) is 5.91 Å². The quantitative estimate of drug-likeness (QED) is 0.842. The van der Waals surface area contributed by atoms with E-state index < -0.39 is 0 Å². The summed E-state index contributed by atoms with van der Waals surface area (Å²) in [6, 6.07) is 6.23. The molecule has 0 fully saturated rings. The van der Waals surface area contributed by atoms with Crippen LogP contribution < -0.4 is 10.1 Å². The van der Waals surface area contributed by atoms with Gasteiger partial charge in [-0.3, -0.25) is 4.79 Å². The Morgan fingerprint density at radius 2 is 2.11 bits per heavy atom. The van der Waals surface area contributed by atoms with Gasteiger partial charge in [-0.25, -0.2) is 0 Å². The van der Waals surface area contributed by atoms with Gasteiger partial charge in [0.1, 0.15) is 5.75 Å². The van der Waals surface area contributed by atoms with E-state index in [0.717, 1.165) is 12.2 Å². The first-order valence-corrected chi connectivity index (χ1v) is 6.52. The summed E-state index contributed by atoms with van der Waals surface area (Å²) in [6.45, 7) is 6.86. The lowest BCUT2D eigenvalue weighted by molar-refractivity contribution is -0.120. The van der Waals surface area contributed by atoms with Crippen molar-refractivity contribution in [2.24, 2.45) is 0 Å². The molecular formula is C15H23NO2. The standard InChI is InChI=1S/C15H23NO2/c1-5-15(17)16-9-8-12-6-7-14(18-4)13(10-12)11(2)3/h6-7,10-11H,5,8-9H2,1-4H3,(H,16,17). The Bertz CT molecular complexity index is 399. The maximum Gasteiger partial charge on any atom is 0.219 e. The molecule has 0 unspecified atom stereocenters. The first-order chi connectivity index (χ1) is 8.58. The van der Waals surface area contributed by atoms with Crippen molar-refractivity contribution in [2.45, 2.75) is 39.5 Å². The lowest BCUT2D eigenvalue weighted by Gasteiger charge is -2.13. The maximum atomic E-state index is 11.1. The van der Waals surface area contributed by atoms with E-state index in [1.165, 1.54) is 11.1 Å². The highest BCUT2D eigenvalue weighted by Crippen LogP contribution is 2.27. The molecule has 3 heteroatoms. The highest BCUT2D eigenvalue weighted by Gasteiger charge is 2.08. The number of amides is 1. The lowest BCUT2D eigenvalue weighted by Crippen LogP contribution is -2.24. The second-order valence-electron chi connectivity index (χ2n) is 4.68. The number of rotatable bonds is 6. The van der Waals surface area contributed by atoms with Crippen LogP contribution >= 0.6 is 0 Å². The normalized spacial score (nSPS) is 10.5. The zero-order valence-electron chi connectivity index (χ0n) is 11.7. The molecule has 18 heavy (non-hydrogen) atoms. The first-order valence-electron chi connectivity index (χ1n) is 6.52. The van der Waals surface area contributed by atoms with Crippen LogP contribution in [0.3, 0.4) is 0 Å². The van der Waals surface area contributed by atoms with Crippen LogP contribution in [0.2, 0.25) is 0 Å². The molecule has 0 atom stereocenters. The summed E-state index contributed by atoms with van der Waals surface area (Å²) in [5, 5.41) is 2.89. The van der Waals surface area contributed by atoms with Crippen LogP contribution in [0.5, 0.6) is 5.75 Å². The molecule has 0 aromatic heterocycles. The molecule has 1 rings (SSSR count). The molecule has 0 aliphatic heterocycles. The Kier molecular flexibility index (Phi) is 5.69. The third kappa shape index (κ3) is 4.06. The van der Waals surface area contributed by atoms with Gasteiger partial charge in [0.2, 0.25) is 5.91 Å². The maximum absolute atomic E-state index is 11.1. The molecular weight excluding hydrogens is 226 g/mol. The fourth-order valence-corrected chi connectivity index (χ4v) is 1.86. The summed E-state index contributed by atoms with van der Waals surface area (Å²) < 4.78 is 5.35. The van der Waals surface area contributed by atoms with Crippen LogP contribution in [0.1, 0.15) is 44.2 Å². The van der Waals surface area contributed by atoms with E-state index in [0.29, 0.717) is 18.9 Å². The monoisotopic (exact) mass is 249 g/mol. The van der Waals surface area contributed by atoms with Crippen molar-refractivity contribution in [1.82, 2.24) is 5.32 Å². The number of carbonyl (C=O) groups is 1. The first kappa shape index (κ1) is 14.6. The van der Waals surface area contributed by atoms with Crippen molar-refractivity contribution in [3.05, 3.63) is 29.3 Å². The molecule has 0 saturated heterocycles. The Hall–Kier alpha value is -1.51. The predicted molar refractivity (Wildman–Crippen MR) is 74.1 cm³/mol. The summed E-state index contributed by atoms with van der Waals surface area (Å²) >= 11 is 0. The topological polar surface area (TPSA) is 38.3 Å². The zero-order valence-corrected chi connectivity index (χ0v) is 11.7. The van der Waals surface area contributed by atoms with Crippen LogP contribution in [0, 0.1) is 0 Å². The number of benzene rings is 1. The van der Waals surface area contributed by atoms with Gasteiger partial charge in [0.15, 0.2) is 0 Å². The van der Waals surface area contributed by atoms with Gasteiger partial charge in [-0.1, -0.05) is 32.9 Å². The number of ether oxygens (including phenoxy) is 1. The van der Waals surface area contributed by atoms with Crippen molar-refractivity contribution >= 4 is 5.91 Å². The molecule has 3 nitrogen and oxygen atoms in total. The highest BCUT2D eigenvalue weighted by molar-refractivity contribution is 5.75. The average Bonchev–Trinajstić information content (AvgIpc) is 2.38. The van der Waals surface area contributed by atoms with E-state index >= 15 is 0 Å². The van der Waals surface area contributed by atoms with Crippen LogP contribution in [0.25, 0.3) is 0 Å². The van der Waals surface area contributed by atoms with Crippen LogP contribution in [0.15, 0.2) is 18.2 Å². The fourth-order valence-electron chi connectivity index (χ4n) is 1.86. The molecule has 0 aliphatic carbocycles. The summed E-state index contributed by atoms with van der Waals surface area (Å²) in [5.41, 5.74) is 2.45. The number of hydrogen-bond donors (Lipinski definition) is 1. The minimum absolute atomic E-state index is 0.104. The molecule has 1 N–H and O–H groups in total. The SMILES string of the molecule is CCC(=O)NCCc1ccc(OC)c(C(C)C)c1. The van der Waals surface area contributed by atoms with Crippen molar-refractivity contribution in [1.29, 1.82) is 0 Å². The van der Waals surface area contributed by atoms with Gasteiger partial charge < -0.3 is 10.1 Å². The van der Waals surface area contributed by atoms with E-state index in [4.69, 9.17) is 4.74 Å². The smallest absolute Gasteiger partial charge is 0.219 e. The number of hydrogen-bond acceptors (Lipinski definition) is 2. The number of methoxy groups -OCH3 is 1. The largest absolute Gasteiger partial charge is 0.496 e. The van der Waals surface area contributed by atoms with Crippen molar-refractivity contribution in [3.63, 3.8) is 0 Å². The Labute approximate surface area is 110 Å². The predicted octanol–water partition coefficient (Wildman–Crippen LogP) is 2.89. The van der Waals surface area contributed by atoms with Crippen molar-refractivity contribution in [3.8, 4) is 5.75 Å². The summed E-state index contributed by atoms with van der Waals surface area (Å²) in [6.07, 6.45) is 1.40. The molecule has 100 valence electrons. The highest BCUT2D eigenvalue weighted by atomic mass is 16.5. The van der Waals surface area contributed by atoms with E-state index in [1.807, 2.05) is 13.0 Å². The van der Waals surface area contributed by atoms with Gasteiger partial charge in [0, 0.05) is 13.0 Å². The fraction of sp³-hybridized carbons (Fsp3) is 0.533. The molecule has 0 radical (unpaired) electrons. The van der Waals surface area contributed by atoms with E-state index in [9.17, 15) is 4.79 Å². The van der Waals surface area contributed by atoms with Crippen LogP contribution in [-0.4, -0.2) is 19.6 Å². The number of carbonyl (C=O) groups excluding carboxylic acids is 1. The molecule has 1 aromatic rings. The Balaban J connectivity index is 2.67. The average molecular weight is 249 g/mol. The number of nitrogens with one attached hydrogen (secondary N) is 1. The zero-order chi connectivity index (χ0) is 13.5. The second kappa shape index (κ2) is 7.04. The second-order valence-corrected chi connectivity index (χ2v) is 4.68. The molecule has 0 heterocycles. The van der Waals surface area contributed by atoms with Crippen molar-refractivity contribution < 1.29 is 9.53 Å². The molecule has 1 aromatic carbocycles.